The normalized spacial score (nSPS) is 20.6. The summed E-state index contributed by atoms with van der Waals surface area (Å²) in [7, 11) is 1.62. The quantitative estimate of drug-likeness (QED) is 0.810. The van der Waals surface area contributed by atoms with Crippen LogP contribution in [0.1, 0.15) is 34.9 Å². The molecule has 2 aliphatic heterocycles. The van der Waals surface area contributed by atoms with E-state index >= 15 is 0 Å². The summed E-state index contributed by atoms with van der Waals surface area (Å²) in [5.74, 6) is -0.150. The Balaban J connectivity index is 1.48. The molecule has 0 unspecified atom stereocenters. The Hall–Kier alpha value is -2.09. The van der Waals surface area contributed by atoms with Gasteiger partial charge in [0.05, 0.1) is 19.3 Å². The molecule has 2 aliphatic rings. The van der Waals surface area contributed by atoms with Gasteiger partial charge < -0.3 is 15.0 Å². The van der Waals surface area contributed by atoms with Crippen LogP contribution in [0.15, 0.2) is 30.5 Å². The highest BCUT2D eigenvalue weighted by Crippen LogP contribution is 2.31. The van der Waals surface area contributed by atoms with Crippen LogP contribution < -0.4 is 10.2 Å². The van der Waals surface area contributed by atoms with E-state index in [9.17, 15) is 4.79 Å². The number of carbonyl (C=O) groups excluding carboxylic acids is 1. The van der Waals surface area contributed by atoms with Gasteiger partial charge in [0.2, 0.25) is 0 Å². The number of hydrogen-bond donors (Lipinski definition) is 1. The molecule has 8 heteroatoms. The van der Waals surface area contributed by atoms with Crippen LogP contribution in [0, 0.1) is 0 Å². The van der Waals surface area contributed by atoms with Crippen molar-refractivity contribution in [3.8, 4) is 0 Å². The highest BCUT2D eigenvalue weighted by atomic mass is 35.5. The smallest absolute Gasteiger partial charge is 0.271 e. The lowest BCUT2D eigenvalue weighted by molar-refractivity contribution is 0.0955. The fraction of sp³-hybridized carbons (Fsp3) is 0.524. The third kappa shape index (κ3) is 4.57. The second kappa shape index (κ2) is 9.15. The number of nitrogens with one attached hydrogen (secondary N) is 1. The van der Waals surface area contributed by atoms with Crippen molar-refractivity contribution in [3.63, 3.8) is 0 Å². The van der Waals surface area contributed by atoms with Crippen LogP contribution in [0.4, 0.5) is 5.69 Å². The second-order valence-electron chi connectivity index (χ2n) is 7.63. The Morgan fingerprint density at radius 1 is 1.28 bits per heavy atom. The summed E-state index contributed by atoms with van der Waals surface area (Å²) < 4.78 is 7.44. The lowest BCUT2D eigenvalue weighted by Gasteiger charge is -2.35. The molecule has 0 bridgehead atoms. The number of carbonyl (C=O) groups is 1. The molecule has 2 fully saturated rings. The highest BCUT2D eigenvalue weighted by molar-refractivity contribution is 6.31. The Bertz CT molecular complexity index is 849. The molecular weight excluding hydrogens is 390 g/mol. The minimum Gasteiger partial charge on any atom is -0.378 e. The number of nitrogens with zero attached hydrogens (tertiary/aromatic N) is 4. The van der Waals surface area contributed by atoms with E-state index in [1.165, 1.54) is 11.3 Å². The number of amides is 1. The van der Waals surface area contributed by atoms with Crippen molar-refractivity contribution in [2.45, 2.75) is 25.4 Å². The number of likely N-dealkylation sites (tertiary alicyclic amines) is 1. The number of hydrogen-bond acceptors (Lipinski definition) is 5. The van der Waals surface area contributed by atoms with Gasteiger partial charge in [0.25, 0.3) is 5.91 Å². The van der Waals surface area contributed by atoms with E-state index in [0.717, 1.165) is 63.8 Å². The monoisotopic (exact) mass is 417 g/mol. The lowest BCUT2D eigenvalue weighted by atomic mass is 10.0. The predicted molar refractivity (Wildman–Crippen MR) is 114 cm³/mol. The van der Waals surface area contributed by atoms with Gasteiger partial charge in [-0.2, -0.15) is 5.10 Å². The molecular formula is C21H28ClN5O2. The molecule has 1 atom stereocenters. The first-order valence-corrected chi connectivity index (χ1v) is 10.6. The maximum atomic E-state index is 11.8. The minimum absolute atomic E-state index is 0.150. The average Bonchev–Trinajstić information content (AvgIpc) is 3.26. The van der Waals surface area contributed by atoms with Crippen molar-refractivity contribution in [3.05, 3.63) is 46.7 Å². The van der Waals surface area contributed by atoms with Crippen LogP contribution in [0.2, 0.25) is 5.02 Å². The maximum absolute atomic E-state index is 11.8. The number of ether oxygens (including phenoxy) is 1. The molecule has 3 heterocycles. The number of aromatic nitrogens is 2. The summed E-state index contributed by atoms with van der Waals surface area (Å²) >= 11 is 6.63. The number of piperidine rings is 1. The van der Waals surface area contributed by atoms with Crippen molar-refractivity contribution in [1.29, 1.82) is 0 Å². The SMILES string of the molecule is CNC(=O)c1ccn([C@@H]2CCCN(Cc3c(Cl)cccc3N3CCOCC3)C2)n1. The molecule has 0 aliphatic carbocycles. The van der Waals surface area contributed by atoms with E-state index in [1.54, 1.807) is 13.1 Å². The molecule has 2 saturated heterocycles. The Morgan fingerprint density at radius 3 is 2.90 bits per heavy atom. The third-order valence-corrected chi connectivity index (χ3v) is 6.10. The molecule has 2 aromatic rings. The molecule has 0 spiro atoms. The third-order valence-electron chi connectivity index (χ3n) is 5.75. The molecule has 0 radical (unpaired) electrons. The van der Waals surface area contributed by atoms with E-state index < -0.39 is 0 Å². The van der Waals surface area contributed by atoms with E-state index in [4.69, 9.17) is 16.3 Å². The van der Waals surface area contributed by atoms with Gasteiger partial charge >= 0.3 is 0 Å². The van der Waals surface area contributed by atoms with Crippen molar-refractivity contribution in [1.82, 2.24) is 20.0 Å². The summed E-state index contributed by atoms with van der Waals surface area (Å²) in [6.45, 7) is 6.04. The lowest BCUT2D eigenvalue weighted by Crippen LogP contribution is -2.39. The first-order chi connectivity index (χ1) is 14.2. The number of morpholine rings is 1. The van der Waals surface area contributed by atoms with Gasteiger partial charge in [-0.05, 0) is 37.6 Å². The number of anilines is 1. The van der Waals surface area contributed by atoms with E-state index in [-0.39, 0.29) is 11.9 Å². The highest BCUT2D eigenvalue weighted by Gasteiger charge is 2.25. The van der Waals surface area contributed by atoms with Crippen LogP contribution >= 0.6 is 11.6 Å². The van der Waals surface area contributed by atoms with Crippen LogP contribution in [-0.2, 0) is 11.3 Å². The molecule has 29 heavy (non-hydrogen) atoms. The van der Waals surface area contributed by atoms with Gasteiger partial charge in [-0.15, -0.1) is 0 Å². The minimum atomic E-state index is -0.150. The zero-order valence-electron chi connectivity index (χ0n) is 16.8. The number of rotatable bonds is 5. The van der Waals surface area contributed by atoms with Crippen molar-refractivity contribution < 1.29 is 9.53 Å². The summed E-state index contributed by atoms with van der Waals surface area (Å²) in [6.07, 6.45) is 4.06. The molecule has 1 amide bonds. The molecule has 156 valence electrons. The van der Waals surface area contributed by atoms with Crippen LogP contribution in [0.3, 0.4) is 0 Å². The zero-order valence-corrected chi connectivity index (χ0v) is 17.6. The molecule has 0 saturated carbocycles. The van der Waals surface area contributed by atoms with Crippen molar-refractivity contribution in [2.24, 2.45) is 0 Å². The topological polar surface area (TPSA) is 62.6 Å². The Morgan fingerprint density at radius 2 is 2.10 bits per heavy atom. The summed E-state index contributed by atoms with van der Waals surface area (Å²) in [5, 5.41) is 7.93. The molecule has 7 nitrogen and oxygen atoms in total. The van der Waals surface area contributed by atoms with Gasteiger partial charge in [0.1, 0.15) is 5.69 Å². The molecule has 1 aromatic heterocycles. The largest absolute Gasteiger partial charge is 0.378 e. The standard InChI is InChI=1S/C21H28ClN5O2/c1-23-21(28)19-7-9-27(24-19)16-4-3-8-25(14-16)15-17-18(22)5-2-6-20(17)26-10-12-29-13-11-26/h2,5-7,9,16H,3-4,8,10-15H2,1H3,(H,23,28)/t16-/m1/s1. The van der Waals surface area contributed by atoms with Crippen molar-refractivity contribution >= 4 is 23.2 Å². The average molecular weight is 418 g/mol. The fourth-order valence-electron chi connectivity index (χ4n) is 4.21. The van der Waals surface area contributed by atoms with Crippen LogP contribution in [0.25, 0.3) is 0 Å². The fourth-order valence-corrected chi connectivity index (χ4v) is 4.44. The number of halogens is 1. The van der Waals surface area contributed by atoms with Gasteiger partial charge in [-0.3, -0.25) is 14.4 Å². The molecule has 1 aromatic carbocycles. The second-order valence-corrected chi connectivity index (χ2v) is 8.04. The first kappa shape index (κ1) is 20.2. The Kier molecular flexibility index (Phi) is 6.37. The van der Waals surface area contributed by atoms with Crippen LogP contribution in [-0.4, -0.2) is 67.0 Å². The van der Waals surface area contributed by atoms with E-state index in [0.29, 0.717) is 5.69 Å². The Labute approximate surface area is 176 Å². The van der Waals surface area contributed by atoms with Crippen LogP contribution in [0.5, 0.6) is 0 Å². The first-order valence-electron chi connectivity index (χ1n) is 10.3. The van der Waals surface area contributed by atoms with Gasteiger partial charge in [0.15, 0.2) is 0 Å². The maximum Gasteiger partial charge on any atom is 0.271 e. The van der Waals surface area contributed by atoms with E-state index in [1.807, 2.05) is 23.0 Å². The summed E-state index contributed by atoms with van der Waals surface area (Å²) in [5.41, 5.74) is 2.86. The van der Waals surface area contributed by atoms with Gasteiger partial charge in [-0.25, -0.2) is 0 Å². The summed E-state index contributed by atoms with van der Waals surface area (Å²) in [4.78, 5) is 16.6. The molecule has 1 N–H and O–H groups in total. The summed E-state index contributed by atoms with van der Waals surface area (Å²) in [6, 6.07) is 8.21. The molecule has 4 rings (SSSR count). The number of benzene rings is 1. The van der Waals surface area contributed by atoms with Gasteiger partial charge in [0, 0.05) is 55.7 Å². The predicted octanol–water partition coefficient (Wildman–Crippen LogP) is 2.57. The van der Waals surface area contributed by atoms with Crippen molar-refractivity contribution in [2.75, 3.05) is 51.3 Å². The van der Waals surface area contributed by atoms with Gasteiger partial charge in [-0.1, -0.05) is 17.7 Å². The zero-order chi connectivity index (χ0) is 20.2. The van der Waals surface area contributed by atoms with E-state index in [2.05, 4.69) is 26.3 Å².